The van der Waals surface area contributed by atoms with Crippen LogP contribution in [0.3, 0.4) is 0 Å². The first-order valence-corrected chi connectivity index (χ1v) is 10.9. The number of carbonyl (C=O) groups is 3. The van der Waals surface area contributed by atoms with Crippen LogP contribution in [0.25, 0.3) is 17.0 Å². The van der Waals surface area contributed by atoms with E-state index >= 15 is 0 Å². The van der Waals surface area contributed by atoms with Crippen LogP contribution in [0.5, 0.6) is 0 Å². The summed E-state index contributed by atoms with van der Waals surface area (Å²) >= 11 is 2.39. The number of nitrogens with one attached hydrogen (secondary N) is 1. The third-order valence-electron chi connectivity index (χ3n) is 5.22. The van der Waals surface area contributed by atoms with Crippen molar-refractivity contribution >= 4 is 57.1 Å². The van der Waals surface area contributed by atoms with E-state index in [2.05, 4.69) is 4.98 Å². The number of thioether (sulfide) groups is 1. The van der Waals surface area contributed by atoms with Crippen LogP contribution in [0.4, 0.5) is 4.79 Å². The van der Waals surface area contributed by atoms with Gasteiger partial charge in [0.1, 0.15) is 6.54 Å². The fourth-order valence-electron chi connectivity index (χ4n) is 3.75. The van der Waals surface area contributed by atoms with Crippen LogP contribution in [0.15, 0.2) is 46.7 Å². The van der Waals surface area contributed by atoms with Gasteiger partial charge in [0.05, 0.1) is 4.91 Å². The standard InChI is InChI=1S/C21H17N3O3S2/c25-19(12-24-20(26)18(29-21(24)27)10-13-4-3-9-28-13)23-8-7-17-15(11-23)14-5-1-2-6-16(14)22-17/h1-6,9-10,22H,7-8,11-12H2/b18-10-. The topological polar surface area (TPSA) is 73.5 Å². The molecular formula is C21H17N3O3S2. The Kier molecular flexibility index (Phi) is 4.52. The van der Waals surface area contributed by atoms with E-state index in [1.54, 1.807) is 11.0 Å². The van der Waals surface area contributed by atoms with E-state index < -0.39 is 11.1 Å². The highest BCUT2D eigenvalue weighted by Crippen LogP contribution is 2.33. The largest absolute Gasteiger partial charge is 0.358 e. The highest BCUT2D eigenvalue weighted by molar-refractivity contribution is 8.18. The zero-order chi connectivity index (χ0) is 20.0. The average molecular weight is 424 g/mol. The summed E-state index contributed by atoms with van der Waals surface area (Å²) in [5.74, 6) is -0.604. The number of amides is 3. The van der Waals surface area contributed by atoms with Gasteiger partial charge in [-0.25, -0.2) is 0 Å². The molecule has 2 aliphatic heterocycles. The maximum Gasteiger partial charge on any atom is 0.294 e. The molecule has 3 amide bonds. The minimum absolute atomic E-state index is 0.208. The molecule has 0 spiro atoms. The molecule has 1 fully saturated rings. The smallest absolute Gasteiger partial charge is 0.294 e. The number of imide groups is 1. The normalized spacial score (nSPS) is 18.1. The molecule has 29 heavy (non-hydrogen) atoms. The summed E-state index contributed by atoms with van der Waals surface area (Å²) in [6.07, 6.45) is 2.44. The number of hydrogen-bond acceptors (Lipinski definition) is 5. The van der Waals surface area contributed by atoms with Crippen molar-refractivity contribution in [2.45, 2.75) is 13.0 Å². The third kappa shape index (κ3) is 3.28. The van der Waals surface area contributed by atoms with Crippen LogP contribution in [0.1, 0.15) is 16.1 Å². The molecule has 1 N–H and O–H groups in total. The minimum atomic E-state index is -0.397. The maximum atomic E-state index is 12.9. The van der Waals surface area contributed by atoms with Gasteiger partial charge in [-0.05, 0) is 35.4 Å². The quantitative estimate of drug-likeness (QED) is 0.650. The number of para-hydroxylation sites is 1. The molecule has 1 aromatic carbocycles. The molecule has 2 aliphatic rings. The van der Waals surface area contributed by atoms with E-state index in [-0.39, 0.29) is 12.5 Å². The highest BCUT2D eigenvalue weighted by Gasteiger charge is 2.37. The summed E-state index contributed by atoms with van der Waals surface area (Å²) in [4.78, 5) is 45.3. The van der Waals surface area contributed by atoms with Gasteiger partial charge in [0.25, 0.3) is 11.1 Å². The molecule has 1 saturated heterocycles. The molecular weight excluding hydrogens is 406 g/mol. The zero-order valence-corrected chi connectivity index (χ0v) is 17.0. The van der Waals surface area contributed by atoms with Crippen LogP contribution in [-0.4, -0.2) is 44.9 Å². The first-order chi connectivity index (χ1) is 14.1. The fourth-order valence-corrected chi connectivity index (χ4v) is 5.31. The molecule has 0 aliphatic carbocycles. The Morgan fingerprint density at radius 2 is 2.03 bits per heavy atom. The third-order valence-corrected chi connectivity index (χ3v) is 6.95. The van der Waals surface area contributed by atoms with Crippen molar-refractivity contribution in [3.63, 3.8) is 0 Å². The molecule has 5 rings (SSSR count). The lowest BCUT2D eigenvalue weighted by molar-refractivity contribution is -0.136. The van der Waals surface area contributed by atoms with Crippen molar-refractivity contribution in [1.82, 2.24) is 14.8 Å². The van der Waals surface area contributed by atoms with Crippen molar-refractivity contribution in [3.05, 3.63) is 62.8 Å². The van der Waals surface area contributed by atoms with Crippen LogP contribution in [-0.2, 0) is 22.6 Å². The molecule has 8 heteroatoms. The van der Waals surface area contributed by atoms with E-state index in [1.165, 1.54) is 11.3 Å². The van der Waals surface area contributed by atoms with Gasteiger partial charge in [0.2, 0.25) is 5.91 Å². The number of benzene rings is 1. The Balaban J connectivity index is 1.32. The lowest BCUT2D eigenvalue weighted by Crippen LogP contribution is -2.44. The molecule has 0 bridgehead atoms. The second-order valence-electron chi connectivity index (χ2n) is 6.98. The van der Waals surface area contributed by atoms with E-state index in [4.69, 9.17) is 0 Å². The first-order valence-electron chi connectivity index (χ1n) is 9.25. The number of hydrogen-bond donors (Lipinski definition) is 1. The van der Waals surface area contributed by atoms with Crippen LogP contribution in [0, 0.1) is 0 Å². The monoisotopic (exact) mass is 423 g/mol. The van der Waals surface area contributed by atoms with Gasteiger partial charge in [-0.2, -0.15) is 0 Å². The van der Waals surface area contributed by atoms with Gasteiger partial charge in [-0.1, -0.05) is 24.3 Å². The molecule has 0 unspecified atom stereocenters. The van der Waals surface area contributed by atoms with Gasteiger partial charge in [-0.15, -0.1) is 11.3 Å². The Morgan fingerprint density at radius 3 is 2.86 bits per heavy atom. The number of H-pyrrole nitrogens is 1. The Morgan fingerprint density at radius 1 is 1.17 bits per heavy atom. The lowest BCUT2D eigenvalue weighted by atomic mass is 10.0. The molecule has 0 saturated carbocycles. The van der Waals surface area contributed by atoms with Crippen molar-refractivity contribution < 1.29 is 14.4 Å². The number of fused-ring (bicyclic) bond motifs is 3. The van der Waals surface area contributed by atoms with Crippen LogP contribution in [0.2, 0.25) is 0 Å². The molecule has 0 atom stereocenters. The molecule has 146 valence electrons. The minimum Gasteiger partial charge on any atom is -0.358 e. The SMILES string of the molecule is O=C(CN1C(=O)S/C(=C\c2cccs2)C1=O)N1CCc2[nH]c3ccccc3c2C1. The molecule has 3 aromatic rings. The van der Waals surface area contributed by atoms with Gasteiger partial charge < -0.3 is 9.88 Å². The van der Waals surface area contributed by atoms with Crippen molar-refractivity contribution in [1.29, 1.82) is 0 Å². The second-order valence-corrected chi connectivity index (χ2v) is 8.95. The number of aromatic nitrogens is 1. The van der Waals surface area contributed by atoms with Gasteiger partial charge in [0.15, 0.2) is 0 Å². The van der Waals surface area contributed by atoms with Crippen LogP contribution >= 0.6 is 23.1 Å². The molecule has 6 nitrogen and oxygen atoms in total. The maximum absolute atomic E-state index is 12.9. The Hall–Kier alpha value is -2.84. The predicted molar refractivity (Wildman–Crippen MR) is 114 cm³/mol. The number of aromatic amines is 1. The average Bonchev–Trinajstić information content (AvgIpc) is 3.43. The van der Waals surface area contributed by atoms with E-state index in [1.807, 2.05) is 41.8 Å². The summed E-state index contributed by atoms with van der Waals surface area (Å²) in [6.45, 7) is 0.837. The van der Waals surface area contributed by atoms with Crippen molar-refractivity contribution in [2.24, 2.45) is 0 Å². The summed E-state index contributed by atoms with van der Waals surface area (Å²) in [7, 11) is 0. The Labute approximate surface area is 175 Å². The summed E-state index contributed by atoms with van der Waals surface area (Å²) in [5.41, 5.74) is 3.34. The summed E-state index contributed by atoms with van der Waals surface area (Å²) < 4.78 is 0. The van der Waals surface area contributed by atoms with Gasteiger partial charge >= 0.3 is 0 Å². The number of thiophene rings is 1. The van der Waals surface area contributed by atoms with E-state index in [0.717, 1.165) is 50.1 Å². The van der Waals surface area contributed by atoms with E-state index in [9.17, 15) is 14.4 Å². The van der Waals surface area contributed by atoms with Crippen LogP contribution < -0.4 is 0 Å². The van der Waals surface area contributed by atoms with Crippen molar-refractivity contribution in [3.8, 4) is 0 Å². The molecule has 0 radical (unpaired) electrons. The van der Waals surface area contributed by atoms with Gasteiger partial charge in [0, 0.05) is 46.5 Å². The summed E-state index contributed by atoms with van der Waals surface area (Å²) in [6, 6.07) is 11.8. The molecule has 4 heterocycles. The Bertz CT molecular complexity index is 1160. The fraction of sp³-hybridized carbons (Fsp3) is 0.190. The second kappa shape index (κ2) is 7.20. The number of nitrogens with zero attached hydrogens (tertiary/aromatic N) is 2. The van der Waals surface area contributed by atoms with E-state index in [0.29, 0.717) is 18.0 Å². The summed E-state index contributed by atoms with van der Waals surface area (Å²) in [5, 5.41) is 2.63. The predicted octanol–water partition coefficient (Wildman–Crippen LogP) is 3.85. The molecule has 2 aromatic heterocycles. The highest BCUT2D eigenvalue weighted by atomic mass is 32.2. The number of rotatable bonds is 3. The van der Waals surface area contributed by atoms with Crippen molar-refractivity contribution in [2.75, 3.05) is 13.1 Å². The first kappa shape index (κ1) is 18.2. The lowest BCUT2D eigenvalue weighted by Gasteiger charge is -2.28. The van der Waals surface area contributed by atoms with Gasteiger partial charge in [-0.3, -0.25) is 19.3 Å². The zero-order valence-electron chi connectivity index (χ0n) is 15.4. The number of carbonyl (C=O) groups excluding carboxylic acids is 3.